The largest absolute Gasteiger partial charge is 0.497 e. The zero-order valence-electron chi connectivity index (χ0n) is 19.7. The molecule has 0 unspecified atom stereocenters. The molecule has 0 saturated carbocycles. The third kappa shape index (κ3) is 7.60. The monoisotopic (exact) mass is 476 g/mol. The molecule has 0 aliphatic carbocycles. The van der Waals surface area contributed by atoms with Crippen molar-refractivity contribution in [3.8, 4) is 11.5 Å². The second kappa shape index (κ2) is 12.8. The first-order valence-electron chi connectivity index (χ1n) is 11.2. The summed E-state index contributed by atoms with van der Waals surface area (Å²) >= 11 is 0. The van der Waals surface area contributed by atoms with E-state index < -0.39 is 18.1 Å². The number of amides is 2. The minimum Gasteiger partial charge on any atom is -0.497 e. The normalized spacial score (nSPS) is 11.1. The third-order valence-electron chi connectivity index (χ3n) is 5.13. The van der Waals surface area contributed by atoms with Crippen molar-refractivity contribution in [1.82, 2.24) is 10.6 Å². The maximum Gasteiger partial charge on any atom is 0.412 e. The molecule has 0 heterocycles. The molecular formula is C27H28N2O6. The Hall–Kier alpha value is -4.33. The van der Waals surface area contributed by atoms with E-state index in [0.717, 1.165) is 11.3 Å². The topological polar surface area (TPSA) is 103 Å². The molecule has 2 N–H and O–H groups in total. The molecule has 182 valence electrons. The molecule has 2 amide bonds. The number of ether oxygens (including phenoxy) is 3. The van der Waals surface area contributed by atoms with Gasteiger partial charge in [0.25, 0.3) is 5.91 Å². The van der Waals surface area contributed by atoms with Gasteiger partial charge in [0.15, 0.2) is 0 Å². The van der Waals surface area contributed by atoms with Crippen molar-refractivity contribution in [2.45, 2.75) is 25.9 Å². The molecule has 0 aromatic heterocycles. The molecule has 3 aromatic carbocycles. The molecule has 3 rings (SSSR count). The molecule has 1 atom stereocenters. The van der Waals surface area contributed by atoms with Crippen LogP contribution >= 0.6 is 0 Å². The second-order valence-electron chi connectivity index (χ2n) is 7.56. The van der Waals surface area contributed by atoms with Gasteiger partial charge in [-0.05, 0) is 35.9 Å². The van der Waals surface area contributed by atoms with Crippen LogP contribution in [0.2, 0.25) is 0 Å². The Bertz CT molecular complexity index is 1130. The van der Waals surface area contributed by atoms with Crippen LogP contribution < -0.4 is 20.1 Å². The number of carbonyl (C=O) groups is 3. The van der Waals surface area contributed by atoms with E-state index in [2.05, 4.69) is 10.6 Å². The van der Waals surface area contributed by atoms with E-state index in [0.29, 0.717) is 11.1 Å². The van der Waals surface area contributed by atoms with Gasteiger partial charge in [0, 0.05) is 24.1 Å². The van der Waals surface area contributed by atoms with Gasteiger partial charge >= 0.3 is 12.1 Å². The summed E-state index contributed by atoms with van der Waals surface area (Å²) in [6.07, 6.45) is -0.461. The third-order valence-corrected chi connectivity index (χ3v) is 5.13. The summed E-state index contributed by atoms with van der Waals surface area (Å²) in [6, 6.07) is 22.0. The quantitative estimate of drug-likeness (QED) is 0.420. The fourth-order valence-corrected chi connectivity index (χ4v) is 3.23. The van der Waals surface area contributed by atoms with E-state index in [-0.39, 0.29) is 31.2 Å². The summed E-state index contributed by atoms with van der Waals surface area (Å²) in [5.74, 6) is 0.213. The van der Waals surface area contributed by atoms with Crippen LogP contribution in [0.3, 0.4) is 0 Å². The highest BCUT2D eigenvalue weighted by atomic mass is 16.6. The maximum atomic E-state index is 12.8. The summed E-state index contributed by atoms with van der Waals surface area (Å²) in [5, 5.41) is 5.57. The SMILES string of the molecule is CCC(=O)OC[C@H](NC(=O)c1ccccc1)c1ccccc1OC(=O)NCc1ccc(OC)cc1. The molecule has 0 spiro atoms. The second-order valence-corrected chi connectivity index (χ2v) is 7.56. The lowest BCUT2D eigenvalue weighted by molar-refractivity contribution is -0.144. The number of para-hydroxylation sites is 1. The highest BCUT2D eigenvalue weighted by molar-refractivity contribution is 5.94. The lowest BCUT2D eigenvalue weighted by atomic mass is 10.1. The van der Waals surface area contributed by atoms with Gasteiger partial charge in [0.05, 0.1) is 13.2 Å². The van der Waals surface area contributed by atoms with Crippen molar-refractivity contribution in [2.75, 3.05) is 13.7 Å². The molecule has 0 fully saturated rings. The highest BCUT2D eigenvalue weighted by Gasteiger charge is 2.22. The molecule has 3 aromatic rings. The highest BCUT2D eigenvalue weighted by Crippen LogP contribution is 2.26. The van der Waals surface area contributed by atoms with Gasteiger partial charge in [-0.25, -0.2) is 4.79 Å². The van der Waals surface area contributed by atoms with E-state index >= 15 is 0 Å². The fraction of sp³-hybridized carbons (Fsp3) is 0.222. The summed E-state index contributed by atoms with van der Waals surface area (Å²) in [7, 11) is 1.58. The molecule has 35 heavy (non-hydrogen) atoms. The average Bonchev–Trinajstić information content (AvgIpc) is 2.90. The smallest absolute Gasteiger partial charge is 0.412 e. The summed E-state index contributed by atoms with van der Waals surface area (Å²) in [5.41, 5.74) is 1.82. The predicted octanol–water partition coefficient (Wildman–Crippen LogP) is 4.41. The summed E-state index contributed by atoms with van der Waals surface area (Å²) in [4.78, 5) is 37.1. The lowest BCUT2D eigenvalue weighted by Gasteiger charge is -2.21. The Labute approximate surface area is 204 Å². The number of benzene rings is 3. The zero-order chi connectivity index (χ0) is 25.0. The Kier molecular flexibility index (Phi) is 9.24. The van der Waals surface area contributed by atoms with Gasteiger partial charge < -0.3 is 24.8 Å². The molecular weight excluding hydrogens is 448 g/mol. The van der Waals surface area contributed by atoms with Crippen LogP contribution in [0.15, 0.2) is 78.9 Å². The van der Waals surface area contributed by atoms with Crippen molar-refractivity contribution in [2.24, 2.45) is 0 Å². The van der Waals surface area contributed by atoms with Crippen molar-refractivity contribution in [3.63, 3.8) is 0 Å². The number of methoxy groups -OCH3 is 1. The standard InChI is InChI=1S/C27H28N2O6/c1-3-25(30)34-18-23(29-26(31)20-9-5-4-6-10-20)22-11-7-8-12-24(22)35-27(32)28-17-19-13-15-21(33-2)16-14-19/h4-16,23H,3,17-18H2,1-2H3,(H,28,32)(H,29,31)/t23-/m0/s1. The lowest BCUT2D eigenvalue weighted by Crippen LogP contribution is -2.33. The number of rotatable bonds is 10. The zero-order valence-corrected chi connectivity index (χ0v) is 19.7. The van der Waals surface area contributed by atoms with Crippen LogP contribution in [0.5, 0.6) is 11.5 Å². The van der Waals surface area contributed by atoms with E-state index in [9.17, 15) is 14.4 Å². The van der Waals surface area contributed by atoms with Gasteiger partial charge in [-0.3, -0.25) is 9.59 Å². The number of esters is 1. The average molecular weight is 477 g/mol. The van der Waals surface area contributed by atoms with Crippen molar-refractivity contribution >= 4 is 18.0 Å². The van der Waals surface area contributed by atoms with Gasteiger partial charge in [0.2, 0.25) is 0 Å². The van der Waals surface area contributed by atoms with Crippen LogP contribution in [-0.2, 0) is 16.1 Å². The minimum atomic E-state index is -0.733. The van der Waals surface area contributed by atoms with E-state index in [1.165, 1.54) is 0 Å². The van der Waals surface area contributed by atoms with E-state index in [4.69, 9.17) is 14.2 Å². The van der Waals surface area contributed by atoms with Gasteiger partial charge in [-0.2, -0.15) is 0 Å². The number of nitrogens with one attached hydrogen (secondary N) is 2. The van der Waals surface area contributed by atoms with Crippen LogP contribution in [0.4, 0.5) is 4.79 Å². The van der Waals surface area contributed by atoms with Gasteiger partial charge in [0.1, 0.15) is 18.1 Å². The van der Waals surface area contributed by atoms with Crippen molar-refractivity contribution < 1.29 is 28.6 Å². The van der Waals surface area contributed by atoms with Crippen LogP contribution in [0.1, 0.15) is 40.9 Å². The number of hydrogen-bond acceptors (Lipinski definition) is 6. The summed E-state index contributed by atoms with van der Waals surface area (Å²) in [6.45, 7) is 1.83. The fourth-order valence-electron chi connectivity index (χ4n) is 3.23. The molecule has 0 saturated heterocycles. The Morgan fingerprint density at radius 3 is 2.26 bits per heavy atom. The first kappa shape index (κ1) is 25.3. The number of hydrogen-bond donors (Lipinski definition) is 2. The summed E-state index contributed by atoms with van der Waals surface area (Å²) < 4.78 is 16.0. The molecule has 0 aliphatic heterocycles. The van der Waals surface area contributed by atoms with E-state index in [1.807, 2.05) is 18.2 Å². The number of carbonyl (C=O) groups excluding carboxylic acids is 3. The molecule has 0 radical (unpaired) electrons. The minimum absolute atomic E-state index is 0.112. The van der Waals surface area contributed by atoms with Crippen LogP contribution in [0.25, 0.3) is 0 Å². The van der Waals surface area contributed by atoms with Gasteiger partial charge in [-0.1, -0.05) is 55.5 Å². The Morgan fingerprint density at radius 2 is 1.57 bits per heavy atom. The first-order chi connectivity index (χ1) is 17.0. The van der Waals surface area contributed by atoms with Gasteiger partial charge in [-0.15, -0.1) is 0 Å². The van der Waals surface area contributed by atoms with E-state index in [1.54, 1.807) is 74.7 Å². The van der Waals surface area contributed by atoms with Crippen molar-refractivity contribution in [3.05, 3.63) is 95.6 Å². The first-order valence-corrected chi connectivity index (χ1v) is 11.2. The molecule has 0 aliphatic rings. The molecule has 0 bridgehead atoms. The van der Waals surface area contributed by atoms with Crippen LogP contribution in [-0.4, -0.2) is 31.7 Å². The predicted molar refractivity (Wildman–Crippen MR) is 130 cm³/mol. The van der Waals surface area contributed by atoms with Crippen LogP contribution in [0, 0.1) is 0 Å². The van der Waals surface area contributed by atoms with Crippen molar-refractivity contribution in [1.29, 1.82) is 0 Å². The molecule has 8 heteroatoms. The Balaban J connectivity index is 1.73. The Morgan fingerprint density at radius 1 is 0.886 bits per heavy atom. The molecule has 8 nitrogen and oxygen atoms in total. The maximum absolute atomic E-state index is 12.8.